The number of aromatic nitrogens is 4. The fourth-order valence-corrected chi connectivity index (χ4v) is 2.69. The number of nitrogens with two attached hydrogens (primary N) is 1. The Kier molecular flexibility index (Phi) is 4.75. The van der Waals surface area contributed by atoms with E-state index in [0.717, 1.165) is 11.1 Å². The zero-order valence-electron chi connectivity index (χ0n) is 14.7. The number of pyridine rings is 1. The summed E-state index contributed by atoms with van der Waals surface area (Å²) in [5.41, 5.74) is 7.51. The molecule has 4 rings (SSSR count). The third kappa shape index (κ3) is 3.85. The van der Waals surface area contributed by atoms with Crippen molar-refractivity contribution in [2.24, 2.45) is 0 Å². The molecule has 0 bridgehead atoms. The first kappa shape index (κ1) is 17.3. The highest BCUT2D eigenvalue weighted by atomic mass is 16.5. The van der Waals surface area contributed by atoms with E-state index in [1.54, 1.807) is 18.3 Å². The molecule has 0 atom stereocenters. The number of anilines is 3. The third-order valence-electron chi connectivity index (χ3n) is 3.91. The standard InChI is InChI=1S/C20H16N6O2/c21-19-24-16(25-20(26-19)23-14-8-2-1-3-9-14)12-28-18(27)15-10-4-6-13-7-5-11-22-17(13)15/h1-11H,12H2,(H3,21,23,24,25,26). The van der Waals surface area contributed by atoms with Gasteiger partial charge >= 0.3 is 5.97 Å². The monoisotopic (exact) mass is 372 g/mol. The molecular weight excluding hydrogens is 356 g/mol. The fraction of sp³-hybridized carbons (Fsp3) is 0.0500. The molecule has 0 aliphatic heterocycles. The number of carbonyl (C=O) groups excluding carboxylic acids is 1. The second-order valence-corrected chi connectivity index (χ2v) is 5.88. The smallest absolute Gasteiger partial charge is 0.340 e. The minimum absolute atomic E-state index is 0.0336. The van der Waals surface area contributed by atoms with Crippen LogP contribution in [0.1, 0.15) is 16.2 Å². The molecule has 8 heteroatoms. The summed E-state index contributed by atoms with van der Waals surface area (Å²) in [6.07, 6.45) is 1.63. The Bertz CT molecular complexity index is 1130. The van der Waals surface area contributed by atoms with Crippen molar-refractivity contribution < 1.29 is 9.53 Å². The topological polar surface area (TPSA) is 116 Å². The average Bonchev–Trinajstić information content (AvgIpc) is 2.72. The minimum Gasteiger partial charge on any atom is -0.454 e. The molecule has 2 heterocycles. The van der Waals surface area contributed by atoms with Gasteiger partial charge in [-0.2, -0.15) is 15.0 Å². The summed E-state index contributed by atoms with van der Waals surface area (Å²) in [6.45, 7) is -0.141. The largest absolute Gasteiger partial charge is 0.454 e. The number of fused-ring (bicyclic) bond motifs is 1. The van der Waals surface area contributed by atoms with E-state index in [1.807, 2.05) is 48.5 Å². The quantitative estimate of drug-likeness (QED) is 0.513. The molecule has 0 amide bonds. The second-order valence-electron chi connectivity index (χ2n) is 5.88. The normalized spacial score (nSPS) is 10.6. The van der Waals surface area contributed by atoms with Crippen molar-refractivity contribution >= 4 is 34.5 Å². The summed E-state index contributed by atoms with van der Waals surface area (Å²) in [4.78, 5) is 29.1. The van der Waals surface area contributed by atoms with Crippen LogP contribution in [-0.2, 0) is 11.3 Å². The molecule has 3 N–H and O–H groups in total. The SMILES string of the molecule is Nc1nc(COC(=O)c2cccc3cccnc23)nc(Nc2ccccc2)n1. The summed E-state index contributed by atoms with van der Waals surface area (Å²) in [5, 5.41) is 3.89. The number of hydrogen-bond donors (Lipinski definition) is 2. The summed E-state index contributed by atoms with van der Waals surface area (Å²) in [7, 11) is 0. The predicted octanol–water partition coefficient (Wildman–Crippen LogP) is 3.10. The van der Waals surface area contributed by atoms with Crippen molar-refractivity contribution in [1.29, 1.82) is 0 Å². The van der Waals surface area contributed by atoms with Crippen molar-refractivity contribution in [2.75, 3.05) is 11.1 Å². The van der Waals surface area contributed by atoms with E-state index in [1.165, 1.54) is 0 Å². The number of nitrogens with one attached hydrogen (secondary N) is 1. The maximum atomic E-state index is 12.5. The molecule has 0 spiro atoms. The lowest BCUT2D eigenvalue weighted by Crippen LogP contribution is -2.11. The molecule has 4 aromatic rings. The van der Waals surface area contributed by atoms with E-state index in [4.69, 9.17) is 10.5 Å². The van der Waals surface area contributed by atoms with Gasteiger partial charge in [-0.3, -0.25) is 4.98 Å². The molecular formula is C20H16N6O2. The highest BCUT2D eigenvalue weighted by Crippen LogP contribution is 2.18. The zero-order chi connectivity index (χ0) is 19.3. The predicted molar refractivity (Wildman–Crippen MR) is 105 cm³/mol. The van der Waals surface area contributed by atoms with Gasteiger partial charge in [-0.25, -0.2) is 4.79 Å². The van der Waals surface area contributed by atoms with Gasteiger partial charge in [-0.1, -0.05) is 36.4 Å². The number of nitrogen functional groups attached to an aromatic ring is 1. The molecule has 2 aromatic heterocycles. The van der Waals surface area contributed by atoms with Gasteiger partial charge < -0.3 is 15.8 Å². The summed E-state index contributed by atoms with van der Waals surface area (Å²) < 4.78 is 5.37. The van der Waals surface area contributed by atoms with E-state index in [9.17, 15) is 4.79 Å². The molecule has 0 fully saturated rings. The van der Waals surface area contributed by atoms with Gasteiger partial charge in [0.15, 0.2) is 12.4 Å². The van der Waals surface area contributed by atoms with Crippen LogP contribution in [0.15, 0.2) is 66.9 Å². The lowest BCUT2D eigenvalue weighted by Gasteiger charge is -2.09. The van der Waals surface area contributed by atoms with Crippen molar-refractivity contribution in [3.63, 3.8) is 0 Å². The molecule has 0 aliphatic rings. The van der Waals surface area contributed by atoms with E-state index in [0.29, 0.717) is 11.1 Å². The molecule has 28 heavy (non-hydrogen) atoms. The number of hydrogen-bond acceptors (Lipinski definition) is 8. The van der Waals surface area contributed by atoms with E-state index < -0.39 is 5.97 Å². The Hall–Kier alpha value is -4.07. The van der Waals surface area contributed by atoms with Crippen LogP contribution < -0.4 is 11.1 Å². The summed E-state index contributed by atoms with van der Waals surface area (Å²) in [5.74, 6) is 0.0382. The van der Waals surface area contributed by atoms with Crippen LogP contribution in [0.4, 0.5) is 17.6 Å². The highest BCUT2D eigenvalue weighted by Gasteiger charge is 2.14. The number of ether oxygens (including phenoxy) is 1. The van der Waals surface area contributed by atoms with E-state index >= 15 is 0 Å². The lowest BCUT2D eigenvalue weighted by molar-refractivity contribution is 0.0464. The van der Waals surface area contributed by atoms with Crippen LogP contribution >= 0.6 is 0 Å². The molecule has 0 unspecified atom stereocenters. The van der Waals surface area contributed by atoms with Crippen molar-refractivity contribution in [3.8, 4) is 0 Å². The van der Waals surface area contributed by atoms with Crippen molar-refractivity contribution in [2.45, 2.75) is 6.61 Å². The van der Waals surface area contributed by atoms with Crippen molar-refractivity contribution in [1.82, 2.24) is 19.9 Å². The molecule has 0 saturated carbocycles. The van der Waals surface area contributed by atoms with Crippen molar-refractivity contribution in [3.05, 3.63) is 78.2 Å². The van der Waals surface area contributed by atoms with Crippen LogP contribution in [-0.4, -0.2) is 25.9 Å². The number of carbonyl (C=O) groups is 1. The van der Waals surface area contributed by atoms with Gasteiger partial charge in [0, 0.05) is 17.3 Å². The Morgan fingerprint density at radius 3 is 2.64 bits per heavy atom. The number of nitrogens with zero attached hydrogens (tertiary/aromatic N) is 4. The van der Waals surface area contributed by atoms with E-state index in [2.05, 4.69) is 25.3 Å². The van der Waals surface area contributed by atoms with Gasteiger partial charge in [-0.05, 0) is 24.3 Å². The molecule has 8 nitrogen and oxygen atoms in total. The first-order valence-electron chi connectivity index (χ1n) is 8.52. The van der Waals surface area contributed by atoms with Crippen LogP contribution in [0.5, 0.6) is 0 Å². The van der Waals surface area contributed by atoms with Crippen LogP contribution in [0, 0.1) is 0 Å². The Morgan fingerprint density at radius 2 is 1.79 bits per heavy atom. The fourth-order valence-electron chi connectivity index (χ4n) is 2.69. The zero-order valence-corrected chi connectivity index (χ0v) is 14.7. The maximum absolute atomic E-state index is 12.5. The number of esters is 1. The number of para-hydroxylation sites is 2. The van der Waals surface area contributed by atoms with Gasteiger partial charge in [0.25, 0.3) is 0 Å². The molecule has 0 saturated heterocycles. The Labute approximate surface area is 160 Å². The number of rotatable bonds is 5. The second kappa shape index (κ2) is 7.67. The van der Waals surface area contributed by atoms with Gasteiger partial charge in [0.2, 0.25) is 11.9 Å². The number of benzene rings is 2. The van der Waals surface area contributed by atoms with Gasteiger partial charge in [0.1, 0.15) is 0 Å². The lowest BCUT2D eigenvalue weighted by atomic mass is 10.1. The summed E-state index contributed by atoms with van der Waals surface area (Å²) in [6, 6.07) is 18.4. The van der Waals surface area contributed by atoms with Gasteiger partial charge in [-0.15, -0.1) is 0 Å². The molecule has 0 radical (unpaired) electrons. The van der Waals surface area contributed by atoms with Crippen LogP contribution in [0.3, 0.4) is 0 Å². The Balaban J connectivity index is 1.50. The first-order valence-corrected chi connectivity index (χ1v) is 8.52. The highest BCUT2D eigenvalue weighted by molar-refractivity contribution is 6.02. The molecule has 138 valence electrons. The third-order valence-corrected chi connectivity index (χ3v) is 3.91. The molecule has 2 aromatic carbocycles. The molecule has 0 aliphatic carbocycles. The minimum atomic E-state index is -0.513. The summed E-state index contributed by atoms with van der Waals surface area (Å²) >= 11 is 0. The van der Waals surface area contributed by atoms with Gasteiger partial charge in [0.05, 0.1) is 11.1 Å². The van der Waals surface area contributed by atoms with Crippen LogP contribution in [0.2, 0.25) is 0 Å². The maximum Gasteiger partial charge on any atom is 0.340 e. The Morgan fingerprint density at radius 1 is 0.964 bits per heavy atom. The first-order chi connectivity index (χ1) is 13.7. The average molecular weight is 372 g/mol. The van der Waals surface area contributed by atoms with Crippen LogP contribution in [0.25, 0.3) is 10.9 Å². The van der Waals surface area contributed by atoms with E-state index in [-0.39, 0.29) is 24.3 Å².